The summed E-state index contributed by atoms with van der Waals surface area (Å²) < 4.78 is 0. The van der Waals surface area contributed by atoms with Gasteiger partial charge in [0.1, 0.15) is 23.2 Å². The summed E-state index contributed by atoms with van der Waals surface area (Å²) in [6.07, 6.45) is 1.01. The molecule has 4 rings (SSSR count). The number of benzene rings is 4. The second-order valence-electron chi connectivity index (χ2n) is 7.51. The van der Waals surface area contributed by atoms with Crippen LogP contribution in [0.2, 0.25) is 0 Å². The maximum atomic E-state index is 2.34. The van der Waals surface area contributed by atoms with E-state index in [0.29, 0.717) is 0 Å². The molecule has 0 saturated carbocycles. The van der Waals surface area contributed by atoms with Crippen LogP contribution in [0, 0.1) is 0 Å². The van der Waals surface area contributed by atoms with Crippen molar-refractivity contribution >= 4 is 28.9 Å². The molecule has 0 aromatic heterocycles. The summed E-state index contributed by atoms with van der Waals surface area (Å²) in [5.74, 6) is 0. The first-order valence-corrected chi connectivity index (χ1v) is 12.0. The van der Waals surface area contributed by atoms with E-state index < -0.39 is 7.26 Å². The van der Waals surface area contributed by atoms with E-state index in [1.807, 2.05) is 0 Å². The summed E-state index contributed by atoms with van der Waals surface area (Å²) in [4.78, 5) is 2.25. The Balaban J connectivity index is 0.00000256. The van der Waals surface area contributed by atoms with Crippen LogP contribution in [0.3, 0.4) is 0 Å². The van der Waals surface area contributed by atoms with Gasteiger partial charge in [-0.2, -0.15) is 0 Å². The molecule has 0 bridgehead atoms. The summed E-state index contributed by atoms with van der Waals surface area (Å²) in [7, 11) is 2.38. The van der Waals surface area contributed by atoms with Crippen LogP contribution in [0.5, 0.6) is 0 Å². The number of anilines is 1. The number of para-hydroxylation sites is 1. The van der Waals surface area contributed by atoms with Crippen molar-refractivity contribution in [1.82, 2.24) is 0 Å². The maximum Gasteiger partial charge on any atom is 0.128 e. The van der Waals surface area contributed by atoms with Crippen molar-refractivity contribution < 1.29 is 17.0 Å². The molecule has 4 aromatic carbocycles. The molecule has 30 heavy (non-hydrogen) atoms. The molecule has 0 fully saturated rings. The Labute approximate surface area is 191 Å². The van der Waals surface area contributed by atoms with Crippen LogP contribution >= 0.6 is 7.26 Å². The average molecular weight is 476 g/mol. The highest BCUT2D eigenvalue weighted by Gasteiger charge is 2.47. The van der Waals surface area contributed by atoms with Gasteiger partial charge in [-0.05, 0) is 42.0 Å². The van der Waals surface area contributed by atoms with Crippen molar-refractivity contribution in [2.24, 2.45) is 0 Å². The van der Waals surface area contributed by atoms with E-state index in [4.69, 9.17) is 0 Å². The predicted octanol–water partition coefficient (Wildman–Crippen LogP) is 2.25. The van der Waals surface area contributed by atoms with E-state index in [2.05, 4.69) is 134 Å². The second kappa shape index (κ2) is 10.1. The molecule has 0 spiro atoms. The number of rotatable bonds is 6. The highest BCUT2D eigenvalue weighted by molar-refractivity contribution is 7.95. The summed E-state index contributed by atoms with van der Waals surface area (Å²) in [6.45, 7) is 0. The minimum Gasteiger partial charge on any atom is -1.00 e. The van der Waals surface area contributed by atoms with Crippen LogP contribution in [-0.2, 0) is 6.16 Å². The summed E-state index contributed by atoms with van der Waals surface area (Å²) in [6, 6.07) is 42.0. The van der Waals surface area contributed by atoms with Crippen molar-refractivity contribution in [2.45, 2.75) is 6.16 Å². The van der Waals surface area contributed by atoms with Gasteiger partial charge in [0.15, 0.2) is 0 Å². The lowest BCUT2D eigenvalue weighted by Gasteiger charge is -2.31. The van der Waals surface area contributed by atoms with Gasteiger partial charge in [-0.15, -0.1) is 0 Å². The lowest BCUT2D eigenvalue weighted by molar-refractivity contribution is -0.00000573. The molecule has 0 aliphatic carbocycles. The SMILES string of the molecule is CN(C)c1ccccc1[P+](Cc1ccccc1)(c1ccccc1)c1ccccc1.[Br-]. The average Bonchev–Trinajstić information content (AvgIpc) is 2.79. The van der Waals surface area contributed by atoms with Crippen molar-refractivity contribution in [2.75, 3.05) is 19.0 Å². The van der Waals surface area contributed by atoms with Crippen LogP contribution in [0.4, 0.5) is 5.69 Å². The Morgan fingerprint density at radius 1 is 0.567 bits per heavy atom. The van der Waals surface area contributed by atoms with Crippen molar-refractivity contribution in [1.29, 1.82) is 0 Å². The van der Waals surface area contributed by atoms with Gasteiger partial charge in [0.05, 0.1) is 11.8 Å². The fourth-order valence-corrected chi connectivity index (χ4v) is 8.60. The molecular formula is C27H27BrNP. The monoisotopic (exact) mass is 475 g/mol. The number of hydrogen-bond donors (Lipinski definition) is 0. The molecule has 0 aliphatic heterocycles. The third-order valence-corrected chi connectivity index (χ3v) is 9.83. The van der Waals surface area contributed by atoms with Gasteiger partial charge in [-0.25, -0.2) is 0 Å². The van der Waals surface area contributed by atoms with Gasteiger partial charge >= 0.3 is 0 Å². The molecule has 0 amide bonds. The first-order chi connectivity index (χ1) is 14.2. The number of halogens is 1. The lowest BCUT2D eigenvalue weighted by atomic mass is 10.2. The topological polar surface area (TPSA) is 3.24 Å². The van der Waals surface area contributed by atoms with E-state index in [-0.39, 0.29) is 17.0 Å². The molecule has 0 radical (unpaired) electrons. The largest absolute Gasteiger partial charge is 1.00 e. The van der Waals surface area contributed by atoms with Gasteiger partial charge in [-0.3, -0.25) is 0 Å². The van der Waals surface area contributed by atoms with E-state index in [9.17, 15) is 0 Å². The maximum absolute atomic E-state index is 2.34. The van der Waals surface area contributed by atoms with Gasteiger partial charge in [0, 0.05) is 14.1 Å². The van der Waals surface area contributed by atoms with Crippen LogP contribution < -0.4 is 37.8 Å². The van der Waals surface area contributed by atoms with Gasteiger partial charge in [0.2, 0.25) is 0 Å². The quantitative estimate of drug-likeness (QED) is 0.386. The molecule has 0 atom stereocenters. The highest BCUT2D eigenvalue weighted by Crippen LogP contribution is 2.59. The van der Waals surface area contributed by atoms with Crippen molar-refractivity contribution in [3.63, 3.8) is 0 Å². The highest BCUT2D eigenvalue weighted by atomic mass is 79.9. The minimum absolute atomic E-state index is 0. The predicted molar refractivity (Wildman–Crippen MR) is 130 cm³/mol. The zero-order valence-electron chi connectivity index (χ0n) is 17.4. The van der Waals surface area contributed by atoms with Gasteiger partial charge in [-0.1, -0.05) is 78.9 Å². The molecule has 4 aromatic rings. The molecule has 0 N–H and O–H groups in total. The summed E-state index contributed by atoms with van der Waals surface area (Å²) in [5.41, 5.74) is 2.67. The first-order valence-electron chi connectivity index (χ1n) is 10.0. The zero-order valence-corrected chi connectivity index (χ0v) is 19.9. The molecule has 0 unspecified atom stereocenters. The normalized spacial score (nSPS) is 10.9. The molecule has 0 aliphatic rings. The van der Waals surface area contributed by atoms with Crippen LogP contribution in [0.15, 0.2) is 115 Å². The molecule has 0 saturated heterocycles. The van der Waals surface area contributed by atoms with E-state index in [1.54, 1.807) is 0 Å². The lowest BCUT2D eigenvalue weighted by Crippen LogP contribution is -3.00. The van der Waals surface area contributed by atoms with Crippen molar-refractivity contribution in [3.8, 4) is 0 Å². The third-order valence-electron chi connectivity index (χ3n) is 5.43. The van der Waals surface area contributed by atoms with E-state index in [0.717, 1.165) is 6.16 Å². The smallest absolute Gasteiger partial charge is 0.128 e. The van der Waals surface area contributed by atoms with Gasteiger partial charge < -0.3 is 21.9 Å². The summed E-state index contributed by atoms with van der Waals surface area (Å²) >= 11 is 0. The number of hydrogen-bond acceptors (Lipinski definition) is 1. The third kappa shape index (κ3) is 4.36. The molecule has 3 heteroatoms. The van der Waals surface area contributed by atoms with Crippen molar-refractivity contribution in [3.05, 3.63) is 121 Å². The van der Waals surface area contributed by atoms with Gasteiger partial charge in [0.25, 0.3) is 0 Å². The van der Waals surface area contributed by atoms with E-state index in [1.165, 1.54) is 27.2 Å². The van der Waals surface area contributed by atoms with Crippen LogP contribution in [0.1, 0.15) is 5.56 Å². The Bertz CT molecular complexity index is 1010. The zero-order chi connectivity index (χ0) is 20.1. The Morgan fingerprint density at radius 3 is 1.50 bits per heavy atom. The van der Waals surface area contributed by atoms with E-state index >= 15 is 0 Å². The number of nitrogens with zero attached hydrogens (tertiary/aromatic N) is 1. The first kappa shape index (κ1) is 22.3. The Kier molecular flexibility index (Phi) is 7.48. The minimum atomic E-state index is -1.91. The second-order valence-corrected chi connectivity index (χ2v) is 11.0. The molecule has 0 heterocycles. The molecule has 1 nitrogen and oxygen atoms in total. The Hall–Kier alpha value is -2.41. The molecular weight excluding hydrogens is 449 g/mol. The fraction of sp³-hybridized carbons (Fsp3) is 0.111. The van der Waals surface area contributed by atoms with Crippen LogP contribution in [-0.4, -0.2) is 14.1 Å². The summed E-state index contributed by atoms with van der Waals surface area (Å²) in [5, 5.41) is 4.28. The fourth-order valence-electron chi connectivity index (χ4n) is 4.08. The van der Waals surface area contributed by atoms with Crippen LogP contribution in [0.25, 0.3) is 0 Å². The standard InChI is InChI=1S/C27H27NP.BrH/c1-28(2)26-20-12-13-21-27(26)29(24-16-8-4-9-17-24,25-18-10-5-11-19-25)22-23-14-6-3-7-15-23;/h3-21H,22H2,1-2H3;1H/q+1;/p-1. The Morgan fingerprint density at radius 2 is 1.00 bits per heavy atom. The molecule has 152 valence electrons.